The van der Waals surface area contributed by atoms with Crippen molar-refractivity contribution in [3.63, 3.8) is 0 Å². The van der Waals surface area contributed by atoms with Crippen molar-refractivity contribution in [1.29, 1.82) is 0 Å². The van der Waals surface area contributed by atoms with E-state index in [4.69, 9.17) is 5.11 Å². The van der Waals surface area contributed by atoms with Gasteiger partial charge < -0.3 is 5.11 Å². The summed E-state index contributed by atoms with van der Waals surface area (Å²) < 4.78 is 0. The molecule has 1 N–H and O–H groups in total. The maximum atomic E-state index is 10.8. The van der Waals surface area contributed by atoms with Gasteiger partial charge in [0.1, 0.15) is 0 Å². The zero-order valence-corrected chi connectivity index (χ0v) is 17.6. The summed E-state index contributed by atoms with van der Waals surface area (Å²) in [5.41, 5.74) is 3.14. The molecular weight excluding hydrogens is 320 g/mol. The van der Waals surface area contributed by atoms with E-state index in [2.05, 4.69) is 33.8 Å². The van der Waals surface area contributed by atoms with Crippen molar-refractivity contribution >= 4 is 5.97 Å². The van der Waals surface area contributed by atoms with Crippen LogP contribution >= 0.6 is 0 Å². The molecule has 3 aliphatic rings. The number of unbranched alkanes of at least 4 members (excludes halogenated alkanes) is 1. The first-order valence-electron chi connectivity index (χ1n) is 11.1. The number of carboxylic acids is 1. The Kier molecular flexibility index (Phi) is 5.62. The van der Waals surface area contributed by atoms with Crippen LogP contribution in [0.3, 0.4) is 0 Å². The fourth-order valence-corrected chi connectivity index (χ4v) is 7.02. The van der Waals surface area contributed by atoms with Crippen molar-refractivity contribution in [2.24, 2.45) is 28.1 Å². The Morgan fingerprint density at radius 3 is 2.65 bits per heavy atom. The van der Waals surface area contributed by atoms with Gasteiger partial charge >= 0.3 is 5.97 Å². The van der Waals surface area contributed by atoms with Crippen LogP contribution in [0.4, 0.5) is 0 Å². The Hall–Kier alpha value is -0.790. The third-order valence-corrected chi connectivity index (χ3v) is 8.75. The van der Waals surface area contributed by atoms with E-state index in [9.17, 15) is 4.79 Å². The minimum absolute atomic E-state index is 0.334. The molecule has 2 fully saturated rings. The summed E-state index contributed by atoms with van der Waals surface area (Å²) in [4.78, 5) is 10.8. The smallest absolute Gasteiger partial charge is 0.303 e. The van der Waals surface area contributed by atoms with Crippen molar-refractivity contribution < 1.29 is 9.90 Å². The quantitative estimate of drug-likeness (QED) is 0.409. The second-order valence-electron chi connectivity index (χ2n) is 10.6. The van der Waals surface area contributed by atoms with E-state index in [1.807, 2.05) is 5.57 Å². The highest BCUT2D eigenvalue weighted by molar-refractivity contribution is 5.66. The number of rotatable bonds is 6. The van der Waals surface area contributed by atoms with Gasteiger partial charge in [0.25, 0.3) is 0 Å². The molecule has 0 amide bonds. The molecule has 3 aliphatic carbocycles. The molecule has 0 aromatic heterocycles. The number of aliphatic carboxylic acids is 1. The zero-order chi connectivity index (χ0) is 19.0. The molecule has 0 aromatic carbocycles. The Bertz CT molecular complexity index is 565. The van der Waals surface area contributed by atoms with Crippen LogP contribution in [-0.2, 0) is 4.79 Å². The molecule has 0 radical (unpaired) electrons. The first-order chi connectivity index (χ1) is 12.2. The van der Waals surface area contributed by atoms with Crippen molar-refractivity contribution in [2.45, 2.75) is 105 Å². The number of carbonyl (C=O) groups is 1. The molecule has 2 nitrogen and oxygen atoms in total. The van der Waals surface area contributed by atoms with Gasteiger partial charge in [-0.25, -0.2) is 0 Å². The van der Waals surface area contributed by atoms with E-state index >= 15 is 0 Å². The molecule has 0 aromatic rings. The van der Waals surface area contributed by atoms with E-state index in [0.29, 0.717) is 22.7 Å². The predicted octanol–water partition coefficient (Wildman–Crippen LogP) is 6.99. The van der Waals surface area contributed by atoms with E-state index in [1.54, 1.807) is 0 Å². The van der Waals surface area contributed by atoms with E-state index < -0.39 is 5.97 Å². The van der Waals surface area contributed by atoms with Crippen LogP contribution in [-0.4, -0.2) is 11.1 Å². The van der Waals surface area contributed by atoms with Crippen molar-refractivity contribution in [3.05, 3.63) is 11.6 Å². The summed E-state index contributed by atoms with van der Waals surface area (Å²) in [6.45, 7) is 9.96. The lowest BCUT2D eigenvalue weighted by Gasteiger charge is -2.59. The molecule has 26 heavy (non-hydrogen) atoms. The molecule has 0 aliphatic heterocycles. The summed E-state index contributed by atoms with van der Waals surface area (Å²) >= 11 is 0. The van der Waals surface area contributed by atoms with Gasteiger partial charge in [0.05, 0.1) is 0 Å². The molecule has 148 valence electrons. The van der Waals surface area contributed by atoms with Crippen molar-refractivity contribution in [1.82, 2.24) is 0 Å². The zero-order valence-electron chi connectivity index (χ0n) is 17.6. The summed E-state index contributed by atoms with van der Waals surface area (Å²) in [6.07, 6.45) is 16.9. The average molecular weight is 361 g/mol. The van der Waals surface area contributed by atoms with Gasteiger partial charge in [-0.2, -0.15) is 0 Å². The molecule has 0 spiro atoms. The molecule has 3 rings (SSSR count). The highest BCUT2D eigenvalue weighted by Crippen LogP contribution is 2.64. The summed E-state index contributed by atoms with van der Waals surface area (Å²) in [6, 6.07) is 0. The lowest BCUT2D eigenvalue weighted by molar-refractivity contribution is -0.137. The van der Waals surface area contributed by atoms with Crippen LogP contribution in [0.5, 0.6) is 0 Å². The monoisotopic (exact) mass is 360 g/mol. The normalized spacial score (nSPS) is 42.5. The molecule has 2 saturated carbocycles. The van der Waals surface area contributed by atoms with Gasteiger partial charge in [-0.3, -0.25) is 4.79 Å². The second-order valence-corrected chi connectivity index (χ2v) is 10.6. The van der Waals surface area contributed by atoms with Crippen LogP contribution in [0.2, 0.25) is 0 Å². The number of hydrogen-bond donors (Lipinski definition) is 1. The molecule has 2 heteroatoms. The molecule has 0 bridgehead atoms. The summed E-state index contributed by atoms with van der Waals surface area (Å²) in [5, 5.41) is 8.93. The van der Waals surface area contributed by atoms with E-state index in [0.717, 1.165) is 24.7 Å². The number of hydrogen-bond acceptors (Lipinski definition) is 1. The second kappa shape index (κ2) is 7.32. The molecule has 0 saturated heterocycles. The Morgan fingerprint density at radius 1 is 1.19 bits per heavy atom. The summed E-state index contributed by atoms with van der Waals surface area (Å²) in [7, 11) is 0. The number of carboxylic acid groups (broad SMARTS) is 1. The van der Waals surface area contributed by atoms with Crippen molar-refractivity contribution in [2.75, 3.05) is 0 Å². The third kappa shape index (κ3) is 3.62. The molecule has 0 heterocycles. The van der Waals surface area contributed by atoms with Gasteiger partial charge in [0.2, 0.25) is 0 Å². The minimum Gasteiger partial charge on any atom is -0.481 e. The Labute approximate surface area is 160 Å². The third-order valence-electron chi connectivity index (χ3n) is 8.75. The number of fused-ring (bicyclic) bond motifs is 3. The van der Waals surface area contributed by atoms with Gasteiger partial charge in [0, 0.05) is 6.42 Å². The van der Waals surface area contributed by atoms with E-state index in [-0.39, 0.29) is 0 Å². The highest BCUT2D eigenvalue weighted by Gasteiger charge is 2.54. The van der Waals surface area contributed by atoms with Gasteiger partial charge in [-0.05, 0) is 79.4 Å². The lowest BCUT2D eigenvalue weighted by Crippen LogP contribution is -2.50. The fourth-order valence-electron chi connectivity index (χ4n) is 7.02. The van der Waals surface area contributed by atoms with Gasteiger partial charge in [0.15, 0.2) is 0 Å². The average Bonchev–Trinajstić information content (AvgIpc) is 2.58. The topological polar surface area (TPSA) is 37.3 Å². The van der Waals surface area contributed by atoms with Gasteiger partial charge in [-0.15, -0.1) is 0 Å². The van der Waals surface area contributed by atoms with Crippen LogP contribution in [0.15, 0.2) is 11.6 Å². The maximum Gasteiger partial charge on any atom is 0.303 e. The Morgan fingerprint density at radius 2 is 1.96 bits per heavy atom. The molecule has 5 atom stereocenters. The SMILES string of the molecule is CC[C@@]1(C)CC=C2[C@@H](CC[C@@H]3[C@](C)(CCCCC(=O)O)CCC[C@@]23C)C1. The maximum absolute atomic E-state index is 10.8. The molecule has 0 unspecified atom stereocenters. The first kappa shape index (κ1) is 20.0. The minimum atomic E-state index is -0.643. The summed E-state index contributed by atoms with van der Waals surface area (Å²) in [5.74, 6) is 0.974. The van der Waals surface area contributed by atoms with E-state index in [1.165, 1.54) is 57.8 Å². The fraction of sp³-hybridized carbons (Fsp3) is 0.875. The first-order valence-corrected chi connectivity index (χ1v) is 11.1. The highest BCUT2D eigenvalue weighted by atomic mass is 16.4. The predicted molar refractivity (Wildman–Crippen MR) is 108 cm³/mol. The standard InChI is InChI=1S/C24H40O2/c1-5-22(2)16-12-19-18(17-22)10-11-20-23(3,13-7-6-9-21(25)26)14-8-15-24(19,20)4/h12,18,20H,5-11,13-17H2,1-4H3,(H,25,26)/t18-,20+,22-,23+,24-/m0/s1. The molecular formula is C24H40O2. The van der Waals surface area contributed by atoms with Crippen LogP contribution in [0.25, 0.3) is 0 Å². The van der Waals surface area contributed by atoms with Gasteiger partial charge in [-0.1, -0.05) is 58.6 Å². The Balaban J connectivity index is 1.76. The van der Waals surface area contributed by atoms with Crippen molar-refractivity contribution in [3.8, 4) is 0 Å². The largest absolute Gasteiger partial charge is 0.481 e. The lowest BCUT2D eigenvalue weighted by atomic mass is 9.45. The number of allylic oxidation sites excluding steroid dienone is 2. The van der Waals surface area contributed by atoms with Crippen LogP contribution in [0.1, 0.15) is 105 Å². The van der Waals surface area contributed by atoms with Crippen LogP contribution < -0.4 is 0 Å². The van der Waals surface area contributed by atoms with Crippen LogP contribution in [0, 0.1) is 28.1 Å².